The van der Waals surface area contributed by atoms with Crippen LogP contribution in [0.2, 0.25) is 0 Å². The summed E-state index contributed by atoms with van der Waals surface area (Å²) in [5.41, 5.74) is 16.3. The number of aromatic nitrogens is 2. The van der Waals surface area contributed by atoms with E-state index in [0.29, 0.717) is 5.82 Å². The first kappa shape index (κ1) is 31.0. The summed E-state index contributed by atoms with van der Waals surface area (Å²) in [5.74, 6) is 1.73. The molecule has 2 heterocycles. The van der Waals surface area contributed by atoms with Crippen LogP contribution in [-0.4, -0.2) is 9.97 Å². The lowest BCUT2D eigenvalue weighted by atomic mass is 9.72. The Morgan fingerprint density at radius 2 is 0.946 bits per heavy atom. The molecule has 8 aromatic carbocycles. The maximum absolute atomic E-state index is 6.95. The van der Waals surface area contributed by atoms with Crippen molar-refractivity contribution in [3.05, 3.63) is 217 Å². The first-order valence-electron chi connectivity index (χ1n) is 19.2. The summed E-state index contributed by atoms with van der Waals surface area (Å²) in [6, 6.07) is 69.3. The SMILES string of the molecule is c1ccc(-c2cc(-c3ccc(-c4ccc5c(c4)C4(c6ccccc6-c6ccccc64)c4oc6ccccc6c4-5)cc3)nc(-c3cccc4ccccc34)n2)cc1. The van der Waals surface area contributed by atoms with Crippen LogP contribution < -0.4 is 0 Å². The van der Waals surface area contributed by atoms with Crippen molar-refractivity contribution in [3.63, 3.8) is 0 Å². The Morgan fingerprint density at radius 3 is 1.71 bits per heavy atom. The highest BCUT2D eigenvalue weighted by atomic mass is 16.3. The molecule has 0 N–H and O–H groups in total. The van der Waals surface area contributed by atoms with Gasteiger partial charge in [0.15, 0.2) is 5.82 Å². The summed E-state index contributed by atoms with van der Waals surface area (Å²) in [7, 11) is 0. The Balaban J connectivity index is 1.01. The van der Waals surface area contributed by atoms with E-state index in [2.05, 4.69) is 188 Å². The molecule has 260 valence electrons. The monoisotopic (exact) mass is 712 g/mol. The average molecular weight is 713 g/mol. The predicted molar refractivity (Wildman–Crippen MR) is 227 cm³/mol. The first-order valence-corrected chi connectivity index (χ1v) is 19.2. The number of fused-ring (bicyclic) bond motifs is 13. The average Bonchev–Trinajstić information content (AvgIpc) is 3.90. The van der Waals surface area contributed by atoms with E-state index in [-0.39, 0.29) is 0 Å². The van der Waals surface area contributed by atoms with Crippen LogP contribution in [0.15, 0.2) is 199 Å². The van der Waals surface area contributed by atoms with Gasteiger partial charge in [-0.2, -0.15) is 0 Å². The number of benzene rings is 8. The molecule has 56 heavy (non-hydrogen) atoms. The van der Waals surface area contributed by atoms with Gasteiger partial charge in [-0.15, -0.1) is 0 Å². The van der Waals surface area contributed by atoms with E-state index in [4.69, 9.17) is 14.4 Å². The molecule has 2 aliphatic rings. The van der Waals surface area contributed by atoms with E-state index >= 15 is 0 Å². The number of nitrogens with zero attached hydrogens (tertiary/aromatic N) is 2. The van der Waals surface area contributed by atoms with Crippen LogP contribution in [0, 0.1) is 0 Å². The molecular formula is C53H32N2O. The Kier molecular flexibility index (Phi) is 6.55. The number of hydrogen-bond acceptors (Lipinski definition) is 3. The second-order valence-electron chi connectivity index (χ2n) is 14.8. The van der Waals surface area contributed by atoms with Gasteiger partial charge in [0.2, 0.25) is 0 Å². The Hall–Kier alpha value is -7.36. The Labute approximate surface area is 324 Å². The summed E-state index contributed by atoms with van der Waals surface area (Å²) in [5, 5.41) is 3.46. The number of rotatable bonds is 4. The highest BCUT2D eigenvalue weighted by molar-refractivity contribution is 6.05. The molecule has 0 atom stereocenters. The molecule has 0 saturated carbocycles. The molecule has 1 spiro atoms. The Bertz CT molecular complexity index is 3140. The van der Waals surface area contributed by atoms with Crippen molar-refractivity contribution < 1.29 is 4.42 Å². The van der Waals surface area contributed by atoms with Crippen molar-refractivity contribution in [2.24, 2.45) is 0 Å². The second kappa shape index (κ2) is 11.8. The first-order chi connectivity index (χ1) is 27.8. The van der Waals surface area contributed by atoms with Gasteiger partial charge in [0.25, 0.3) is 0 Å². The third-order valence-electron chi connectivity index (χ3n) is 11.9. The van der Waals surface area contributed by atoms with Gasteiger partial charge in [-0.25, -0.2) is 9.97 Å². The number of hydrogen-bond donors (Lipinski definition) is 0. The third-order valence-corrected chi connectivity index (χ3v) is 11.9. The molecule has 0 saturated heterocycles. The van der Waals surface area contributed by atoms with Gasteiger partial charge in [0.05, 0.1) is 11.4 Å². The molecule has 0 bridgehead atoms. The molecule has 12 rings (SSSR count). The molecule has 0 aliphatic heterocycles. The third kappa shape index (κ3) is 4.34. The van der Waals surface area contributed by atoms with Crippen LogP contribution >= 0.6 is 0 Å². The van der Waals surface area contributed by atoms with Crippen molar-refractivity contribution in [2.75, 3.05) is 0 Å². The fourth-order valence-corrected chi connectivity index (χ4v) is 9.45. The summed E-state index contributed by atoms with van der Waals surface area (Å²) >= 11 is 0. The zero-order valence-corrected chi connectivity index (χ0v) is 30.3. The lowest BCUT2D eigenvalue weighted by molar-refractivity contribution is 0.507. The van der Waals surface area contributed by atoms with Gasteiger partial charge in [-0.05, 0) is 73.5 Å². The molecule has 0 amide bonds. The Morgan fingerprint density at radius 1 is 0.375 bits per heavy atom. The van der Waals surface area contributed by atoms with Crippen LogP contribution in [0.25, 0.3) is 89.0 Å². The predicted octanol–water partition coefficient (Wildman–Crippen LogP) is 13.4. The molecule has 0 fully saturated rings. The molecule has 2 aliphatic carbocycles. The maximum atomic E-state index is 6.95. The fourth-order valence-electron chi connectivity index (χ4n) is 9.45. The van der Waals surface area contributed by atoms with Crippen LogP contribution in [0.3, 0.4) is 0 Å². The molecule has 10 aromatic rings. The standard InChI is InChI=1S/C53H32N2O/c1-2-14-35(15-3-1)47-32-48(55-52(54-47)41-21-12-16-34-13-4-5-17-38(34)41)36-27-25-33(26-28-36)37-29-30-42-46(31-37)53(51-50(42)43-20-8-11-24-49(43)56-51)44-22-9-6-18-39(44)40-19-7-10-23-45(40)53/h1-32H. The minimum Gasteiger partial charge on any atom is -0.459 e. The quantitative estimate of drug-likeness (QED) is 0.182. The largest absolute Gasteiger partial charge is 0.459 e. The van der Waals surface area contributed by atoms with Crippen molar-refractivity contribution in [1.29, 1.82) is 0 Å². The van der Waals surface area contributed by atoms with Gasteiger partial charge in [0.1, 0.15) is 16.8 Å². The lowest BCUT2D eigenvalue weighted by Crippen LogP contribution is -2.25. The minimum absolute atomic E-state index is 0.556. The number of furan rings is 1. The van der Waals surface area contributed by atoms with Crippen molar-refractivity contribution >= 4 is 21.7 Å². The number of para-hydroxylation sites is 1. The molecule has 0 unspecified atom stereocenters. The molecular weight excluding hydrogens is 681 g/mol. The molecule has 2 aromatic heterocycles. The van der Waals surface area contributed by atoms with Crippen LogP contribution in [0.4, 0.5) is 0 Å². The van der Waals surface area contributed by atoms with Gasteiger partial charge < -0.3 is 4.42 Å². The molecule has 0 radical (unpaired) electrons. The zero-order valence-electron chi connectivity index (χ0n) is 30.3. The van der Waals surface area contributed by atoms with Crippen molar-refractivity contribution in [2.45, 2.75) is 5.41 Å². The van der Waals surface area contributed by atoms with E-state index in [1.807, 2.05) is 6.07 Å². The van der Waals surface area contributed by atoms with E-state index in [1.54, 1.807) is 0 Å². The fraction of sp³-hybridized carbons (Fsp3) is 0.0189. The second-order valence-corrected chi connectivity index (χ2v) is 14.8. The van der Waals surface area contributed by atoms with Crippen LogP contribution in [0.1, 0.15) is 22.5 Å². The van der Waals surface area contributed by atoms with Crippen molar-refractivity contribution in [1.82, 2.24) is 9.97 Å². The molecule has 3 heteroatoms. The van der Waals surface area contributed by atoms with Gasteiger partial charge in [-0.1, -0.05) is 176 Å². The van der Waals surface area contributed by atoms with Crippen LogP contribution in [-0.2, 0) is 5.41 Å². The smallest absolute Gasteiger partial charge is 0.161 e. The van der Waals surface area contributed by atoms with Crippen molar-refractivity contribution in [3.8, 4) is 67.3 Å². The van der Waals surface area contributed by atoms with Crippen LogP contribution in [0.5, 0.6) is 0 Å². The normalized spacial score (nSPS) is 13.1. The van der Waals surface area contributed by atoms with Gasteiger partial charge in [-0.3, -0.25) is 0 Å². The zero-order chi connectivity index (χ0) is 36.8. The summed E-state index contributed by atoms with van der Waals surface area (Å²) in [6.07, 6.45) is 0. The maximum Gasteiger partial charge on any atom is 0.161 e. The summed E-state index contributed by atoms with van der Waals surface area (Å²) in [6.45, 7) is 0. The van der Waals surface area contributed by atoms with E-state index in [9.17, 15) is 0 Å². The highest BCUT2D eigenvalue weighted by Crippen LogP contribution is 2.64. The van der Waals surface area contributed by atoms with E-state index in [0.717, 1.165) is 61.3 Å². The minimum atomic E-state index is -0.556. The molecule has 3 nitrogen and oxygen atoms in total. The summed E-state index contributed by atoms with van der Waals surface area (Å²) < 4.78 is 6.95. The van der Waals surface area contributed by atoms with E-state index < -0.39 is 5.41 Å². The van der Waals surface area contributed by atoms with Gasteiger partial charge >= 0.3 is 0 Å². The summed E-state index contributed by atoms with van der Waals surface area (Å²) in [4.78, 5) is 10.3. The topological polar surface area (TPSA) is 38.9 Å². The van der Waals surface area contributed by atoms with Gasteiger partial charge in [0, 0.05) is 27.6 Å². The van der Waals surface area contributed by atoms with E-state index in [1.165, 1.54) is 44.3 Å². The lowest BCUT2D eigenvalue weighted by Gasteiger charge is -2.28. The highest BCUT2D eigenvalue weighted by Gasteiger charge is 2.55.